The lowest BCUT2D eigenvalue weighted by atomic mass is 10.0. The van der Waals surface area contributed by atoms with Crippen LogP contribution in [0.5, 0.6) is 0 Å². The van der Waals surface area contributed by atoms with E-state index in [1.165, 1.54) is 11.1 Å². The highest BCUT2D eigenvalue weighted by Gasteiger charge is 2.10. The summed E-state index contributed by atoms with van der Waals surface area (Å²) in [6.45, 7) is 4.83. The molecule has 0 radical (unpaired) electrons. The molecule has 0 spiro atoms. The summed E-state index contributed by atoms with van der Waals surface area (Å²) in [5, 5.41) is 13.5. The van der Waals surface area contributed by atoms with Crippen LogP contribution in [0.3, 0.4) is 0 Å². The van der Waals surface area contributed by atoms with E-state index in [1.54, 1.807) is 12.4 Å². The van der Waals surface area contributed by atoms with Crippen LogP contribution >= 0.6 is 0 Å². The zero-order valence-corrected chi connectivity index (χ0v) is 12.1. The van der Waals surface area contributed by atoms with Gasteiger partial charge in [-0.1, -0.05) is 24.3 Å². The van der Waals surface area contributed by atoms with Crippen LogP contribution < -0.4 is 5.32 Å². The van der Waals surface area contributed by atoms with Gasteiger partial charge in [0.05, 0.1) is 6.10 Å². The van der Waals surface area contributed by atoms with E-state index in [9.17, 15) is 5.11 Å². The molecule has 3 heteroatoms. The molecule has 0 saturated heterocycles. The van der Waals surface area contributed by atoms with E-state index in [2.05, 4.69) is 48.4 Å². The molecule has 1 aromatic carbocycles. The molecule has 0 saturated carbocycles. The van der Waals surface area contributed by atoms with Gasteiger partial charge in [-0.15, -0.1) is 0 Å². The predicted octanol–water partition coefficient (Wildman–Crippen LogP) is 2.64. The maximum Gasteiger partial charge on any atom is 0.0915 e. The van der Waals surface area contributed by atoms with E-state index in [0.29, 0.717) is 12.6 Å². The first kappa shape index (κ1) is 14.7. The minimum Gasteiger partial charge on any atom is -0.387 e. The summed E-state index contributed by atoms with van der Waals surface area (Å²) in [6, 6.07) is 12.4. The first-order chi connectivity index (χ1) is 9.66. The van der Waals surface area contributed by atoms with Crippen LogP contribution in [-0.2, 0) is 6.42 Å². The molecule has 2 rings (SSSR count). The molecule has 1 aromatic heterocycles. The van der Waals surface area contributed by atoms with Gasteiger partial charge < -0.3 is 10.4 Å². The number of pyridine rings is 1. The fraction of sp³-hybridized carbons (Fsp3) is 0.353. The van der Waals surface area contributed by atoms with E-state index < -0.39 is 6.10 Å². The number of rotatable bonds is 6. The van der Waals surface area contributed by atoms with Crippen LogP contribution in [0.15, 0.2) is 48.8 Å². The Labute approximate surface area is 120 Å². The van der Waals surface area contributed by atoms with Gasteiger partial charge in [-0.25, -0.2) is 0 Å². The summed E-state index contributed by atoms with van der Waals surface area (Å²) < 4.78 is 0. The maximum atomic E-state index is 10.1. The zero-order valence-electron chi connectivity index (χ0n) is 12.1. The van der Waals surface area contributed by atoms with Crippen molar-refractivity contribution in [3.8, 4) is 0 Å². The van der Waals surface area contributed by atoms with Gasteiger partial charge >= 0.3 is 0 Å². The lowest BCUT2D eigenvalue weighted by Gasteiger charge is -2.18. The molecule has 0 aliphatic carbocycles. The quantitative estimate of drug-likeness (QED) is 0.848. The largest absolute Gasteiger partial charge is 0.387 e. The summed E-state index contributed by atoms with van der Waals surface area (Å²) in [4.78, 5) is 3.96. The van der Waals surface area contributed by atoms with Gasteiger partial charge in [0.25, 0.3) is 0 Å². The van der Waals surface area contributed by atoms with Crippen molar-refractivity contribution in [3.63, 3.8) is 0 Å². The van der Waals surface area contributed by atoms with Gasteiger partial charge in [0, 0.05) is 25.0 Å². The molecule has 1 heterocycles. The van der Waals surface area contributed by atoms with Gasteiger partial charge in [-0.3, -0.25) is 4.98 Å². The Hall–Kier alpha value is -1.71. The van der Waals surface area contributed by atoms with Crippen LogP contribution in [0.25, 0.3) is 0 Å². The lowest BCUT2D eigenvalue weighted by Crippen LogP contribution is -2.32. The van der Waals surface area contributed by atoms with E-state index in [0.717, 1.165) is 12.0 Å². The molecule has 106 valence electrons. The van der Waals surface area contributed by atoms with Gasteiger partial charge in [0.1, 0.15) is 0 Å². The third kappa shape index (κ3) is 4.15. The van der Waals surface area contributed by atoms with Gasteiger partial charge in [-0.2, -0.15) is 0 Å². The third-order valence-electron chi connectivity index (χ3n) is 3.54. The third-order valence-corrected chi connectivity index (χ3v) is 3.54. The number of nitrogens with zero attached hydrogens (tertiary/aromatic N) is 1. The molecule has 0 aliphatic rings. The number of aliphatic hydroxyl groups is 1. The van der Waals surface area contributed by atoms with E-state index in [4.69, 9.17) is 0 Å². The van der Waals surface area contributed by atoms with Crippen molar-refractivity contribution < 1.29 is 5.11 Å². The summed E-state index contributed by atoms with van der Waals surface area (Å²) in [7, 11) is 0. The predicted molar refractivity (Wildman–Crippen MR) is 81.5 cm³/mol. The van der Waals surface area contributed by atoms with Gasteiger partial charge in [0.2, 0.25) is 0 Å². The average Bonchev–Trinajstić information content (AvgIpc) is 2.48. The van der Waals surface area contributed by atoms with Crippen molar-refractivity contribution in [2.45, 2.75) is 32.4 Å². The molecule has 3 nitrogen and oxygen atoms in total. The number of benzene rings is 1. The van der Waals surface area contributed by atoms with E-state index >= 15 is 0 Å². The zero-order chi connectivity index (χ0) is 14.4. The molecule has 0 bridgehead atoms. The average molecular weight is 270 g/mol. The molecule has 2 N–H and O–H groups in total. The molecule has 20 heavy (non-hydrogen) atoms. The number of aromatic nitrogens is 1. The summed E-state index contributed by atoms with van der Waals surface area (Å²) in [5.41, 5.74) is 3.57. The second kappa shape index (κ2) is 7.17. The topological polar surface area (TPSA) is 45.1 Å². The van der Waals surface area contributed by atoms with Crippen molar-refractivity contribution >= 4 is 0 Å². The normalized spacial score (nSPS) is 13.9. The molecule has 0 fully saturated rings. The Bertz CT molecular complexity index is 528. The molecule has 2 aromatic rings. The number of aliphatic hydroxyl groups excluding tert-OH is 1. The smallest absolute Gasteiger partial charge is 0.0915 e. The Kier molecular flexibility index (Phi) is 5.27. The van der Waals surface area contributed by atoms with Crippen molar-refractivity contribution in [1.82, 2.24) is 10.3 Å². The summed E-state index contributed by atoms with van der Waals surface area (Å²) in [5.74, 6) is 0. The Balaban J connectivity index is 1.84. The lowest BCUT2D eigenvalue weighted by molar-refractivity contribution is 0.170. The summed E-state index contributed by atoms with van der Waals surface area (Å²) in [6.07, 6.45) is 3.89. The van der Waals surface area contributed by atoms with Gasteiger partial charge in [-0.05, 0) is 49.1 Å². The first-order valence-corrected chi connectivity index (χ1v) is 7.02. The fourth-order valence-electron chi connectivity index (χ4n) is 2.26. The Morgan fingerprint density at radius 3 is 2.55 bits per heavy atom. The molecular weight excluding hydrogens is 248 g/mol. The number of hydrogen-bond donors (Lipinski definition) is 2. The van der Waals surface area contributed by atoms with Crippen LogP contribution in [0, 0.1) is 6.92 Å². The van der Waals surface area contributed by atoms with Crippen LogP contribution in [0.4, 0.5) is 0 Å². The number of nitrogens with one attached hydrogen (secondary N) is 1. The van der Waals surface area contributed by atoms with E-state index in [-0.39, 0.29) is 0 Å². The molecule has 0 aliphatic heterocycles. The van der Waals surface area contributed by atoms with E-state index in [1.807, 2.05) is 12.1 Å². The highest BCUT2D eigenvalue weighted by atomic mass is 16.3. The van der Waals surface area contributed by atoms with Crippen molar-refractivity contribution in [2.24, 2.45) is 0 Å². The standard InChI is InChI=1S/C17H22N2O/c1-13-5-3-4-6-16(13)11-14(2)19-12-17(20)15-7-9-18-10-8-15/h3-10,14,17,19-20H,11-12H2,1-2H3/t14-,17+/m1/s1. The second-order valence-electron chi connectivity index (χ2n) is 5.24. The number of aryl methyl sites for hydroxylation is 1. The second-order valence-corrected chi connectivity index (χ2v) is 5.24. The highest BCUT2D eigenvalue weighted by molar-refractivity contribution is 5.26. The minimum absolute atomic E-state index is 0.326. The fourth-order valence-corrected chi connectivity index (χ4v) is 2.26. The SMILES string of the molecule is Cc1ccccc1C[C@@H](C)NC[C@H](O)c1ccncc1. The van der Waals surface area contributed by atoms with Crippen LogP contribution in [0.2, 0.25) is 0 Å². The molecule has 2 atom stereocenters. The first-order valence-electron chi connectivity index (χ1n) is 7.02. The minimum atomic E-state index is -0.489. The van der Waals surface area contributed by atoms with Gasteiger partial charge in [0.15, 0.2) is 0 Å². The van der Waals surface area contributed by atoms with Crippen molar-refractivity contribution in [3.05, 3.63) is 65.5 Å². The van der Waals surface area contributed by atoms with Crippen LogP contribution in [-0.4, -0.2) is 22.7 Å². The van der Waals surface area contributed by atoms with Crippen LogP contribution in [0.1, 0.15) is 29.7 Å². The summed E-state index contributed by atoms with van der Waals surface area (Å²) >= 11 is 0. The Morgan fingerprint density at radius 1 is 1.15 bits per heavy atom. The molecule has 0 amide bonds. The highest BCUT2D eigenvalue weighted by Crippen LogP contribution is 2.12. The molecule has 0 unspecified atom stereocenters. The maximum absolute atomic E-state index is 10.1. The number of hydrogen-bond acceptors (Lipinski definition) is 3. The van der Waals surface area contributed by atoms with Crippen molar-refractivity contribution in [1.29, 1.82) is 0 Å². The van der Waals surface area contributed by atoms with Crippen molar-refractivity contribution in [2.75, 3.05) is 6.54 Å². The monoisotopic (exact) mass is 270 g/mol. The molecular formula is C17H22N2O. The Morgan fingerprint density at radius 2 is 1.85 bits per heavy atom.